The molecule has 0 bridgehead atoms. The van der Waals surface area contributed by atoms with Gasteiger partial charge in [-0.25, -0.2) is 0 Å². The Morgan fingerprint density at radius 2 is 2.47 bits per heavy atom. The highest BCUT2D eigenvalue weighted by atomic mass is 32.2. The molecule has 8 heteroatoms. The first-order valence-electron chi connectivity index (χ1n) is 5.49. The number of hydrogen-bond donors (Lipinski definition) is 1. The van der Waals surface area contributed by atoms with Gasteiger partial charge in [0.1, 0.15) is 6.61 Å². The van der Waals surface area contributed by atoms with Crippen molar-refractivity contribution in [1.29, 1.82) is 0 Å². The van der Waals surface area contributed by atoms with Gasteiger partial charge in [-0.1, -0.05) is 11.2 Å². The van der Waals surface area contributed by atoms with E-state index in [2.05, 4.69) is 15.5 Å². The number of amides is 1. The maximum atomic E-state index is 11.6. The fourth-order valence-corrected chi connectivity index (χ4v) is 2.95. The smallest absolute Gasteiger partial charge is 0.322 e. The molecule has 0 saturated carbocycles. The molecule has 1 amide bonds. The Labute approximate surface area is 118 Å². The molecule has 19 heavy (non-hydrogen) atoms. The summed E-state index contributed by atoms with van der Waals surface area (Å²) in [6.45, 7) is 0.232. The minimum Gasteiger partial charge on any atom is -0.405 e. The number of rotatable bonds is 7. The van der Waals surface area contributed by atoms with Crippen LogP contribution in [0.1, 0.15) is 10.8 Å². The van der Waals surface area contributed by atoms with Gasteiger partial charge in [0.2, 0.25) is 11.8 Å². The Balaban J connectivity index is 1.71. The second-order valence-electron chi connectivity index (χ2n) is 3.55. The standard InChI is InChI=1S/C11H13N3O3S2/c1-16-5-10-13-14-11(17-10)12-9(15)7-18-6-8-3-2-4-19-8/h2-4H,5-7H2,1H3,(H,12,14,15). The SMILES string of the molecule is COCc1nnc(NC(=O)CSCc2cccs2)o1. The fourth-order valence-electron chi connectivity index (χ4n) is 1.28. The summed E-state index contributed by atoms with van der Waals surface area (Å²) in [4.78, 5) is 12.9. The van der Waals surface area contributed by atoms with E-state index in [1.54, 1.807) is 11.3 Å². The number of hydrogen-bond acceptors (Lipinski definition) is 7. The summed E-state index contributed by atoms with van der Waals surface area (Å²) in [6, 6.07) is 4.15. The highest BCUT2D eigenvalue weighted by molar-refractivity contribution is 7.99. The molecule has 2 aromatic rings. The van der Waals surface area contributed by atoms with Crippen LogP contribution in [0, 0.1) is 0 Å². The van der Waals surface area contributed by atoms with Crippen molar-refractivity contribution in [2.75, 3.05) is 18.2 Å². The van der Waals surface area contributed by atoms with E-state index in [4.69, 9.17) is 9.15 Å². The van der Waals surface area contributed by atoms with Crippen LogP contribution in [-0.4, -0.2) is 29.0 Å². The van der Waals surface area contributed by atoms with Crippen LogP contribution in [0.3, 0.4) is 0 Å². The van der Waals surface area contributed by atoms with Crippen LogP contribution in [-0.2, 0) is 21.9 Å². The molecule has 1 N–H and O–H groups in total. The molecule has 0 radical (unpaired) electrons. The van der Waals surface area contributed by atoms with Gasteiger partial charge in [-0.05, 0) is 11.4 Å². The van der Waals surface area contributed by atoms with E-state index in [0.717, 1.165) is 5.75 Å². The molecule has 102 valence electrons. The number of methoxy groups -OCH3 is 1. The number of thiophene rings is 1. The molecule has 0 aliphatic carbocycles. The zero-order valence-electron chi connectivity index (χ0n) is 10.3. The lowest BCUT2D eigenvalue weighted by molar-refractivity contribution is -0.113. The Morgan fingerprint density at radius 3 is 3.21 bits per heavy atom. The number of nitrogens with one attached hydrogen (secondary N) is 1. The zero-order chi connectivity index (χ0) is 13.5. The molecule has 0 saturated heterocycles. The Bertz CT molecular complexity index is 513. The Kier molecular flexibility index (Phi) is 5.37. The van der Waals surface area contributed by atoms with Crippen molar-refractivity contribution in [3.05, 3.63) is 28.3 Å². The summed E-state index contributed by atoms with van der Waals surface area (Å²) in [5, 5.41) is 12.0. The summed E-state index contributed by atoms with van der Waals surface area (Å²) < 4.78 is 10.0. The molecular formula is C11H13N3O3S2. The molecule has 0 aliphatic rings. The molecule has 2 heterocycles. The molecule has 6 nitrogen and oxygen atoms in total. The van der Waals surface area contributed by atoms with Crippen molar-refractivity contribution in [3.63, 3.8) is 0 Å². The van der Waals surface area contributed by atoms with Crippen LogP contribution >= 0.6 is 23.1 Å². The van der Waals surface area contributed by atoms with Gasteiger partial charge in [0, 0.05) is 17.7 Å². The number of aromatic nitrogens is 2. The van der Waals surface area contributed by atoms with Crippen LogP contribution in [0.2, 0.25) is 0 Å². The number of carbonyl (C=O) groups is 1. The quantitative estimate of drug-likeness (QED) is 0.844. The summed E-state index contributed by atoms with van der Waals surface area (Å²) in [5.41, 5.74) is 0. The molecule has 0 aromatic carbocycles. The molecule has 2 aromatic heterocycles. The summed E-state index contributed by atoms with van der Waals surface area (Å²) in [6.07, 6.45) is 0. The lowest BCUT2D eigenvalue weighted by Crippen LogP contribution is -2.14. The average Bonchev–Trinajstić information content (AvgIpc) is 3.02. The van der Waals surface area contributed by atoms with Crippen molar-refractivity contribution in [3.8, 4) is 0 Å². The third-order valence-corrected chi connectivity index (χ3v) is 4.08. The minimum atomic E-state index is -0.158. The topological polar surface area (TPSA) is 77.3 Å². The van der Waals surface area contributed by atoms with Gasteiger partial charge in [0.15, 0.2) is 0 Å². The summed E-state index contributed by atoms with van der Waals surface area (Å²) in [5.74, 6) is 1.35. The molecule has 0 atom stereocenters. The average molecular weight is 299 g/mol. The highest BCUT2D eigenvalue weighted by Crippen LogP contribution is 2.17. The number of carbonyl (C=O) groups excluding carboxylic acids is 1. The monoisotopic (exact) mass is 299 g/mol. The maximum Gasteiger partial charge on any atom is 0.322 e. The Morgan fingerprint density at radius 1 is 1.58 bits per heavy atom. The van der Waals surface area contributed by atoms with Crippen LogP contribution in [0.4, 0.5) is 6.01 Å². The molecule has 0 spiro atoms. The number of nitrogens with zero attached hydrogens (tertiary/aromatic N) is 2. The maximum absolute atomic E-state index is 11.6. The second kappa shape index (κ2) is 7.27. The van der Waals surface area contributed by atoms with Crippen LogP contribution in [0.5, 0.6) is 0 Å². The highest BCUT2D eigenvalue weighted by Gasteiger charge is 2.09. The number of thioether (sulfide) groups is 1. The lowest BCUT2D eigenvalue weighted by atomic mass is 10.5. The molecular weight excluding hydrogens is 286 g/mol. The summed E-state index contributed by atoms with van der Waals surface area (Å²) in [7, 11) is 1.53. The normalized spacial score (nSPS) is 10.6. The van der Waals surface area contributed by atoms with Crippen molar-refractivity contribution >= 4 is 35.0 Å². The molecule has 0 aliphatic heterocycles. The third kappa shape index (κ3) is 4.66. The van der Waals surface area contributed by atoms with Gasteiger partial charge in [-0.2, -0.15) is 0 Å². The first-order chi connectivity index (χ1) is 9.28. The van der Waals surface area contributed by atoms with Crippen molar-refractivity contribution < 1.29 is 13.9 Å². The molecule has 2 rings (SSSR count). The third-order valence-electron chi connectivity index (χ3n) is 2.04. The van der Waals surface area contributed by atoms with Gasteiger partial charge in [0.05, 0.1) is 5.75 Å². The van der Waals surface area contributed by atoms with Gasteiger partial charge < -0.3 is 9.15 Å². The van der Waals surface area contributed by atoms with Gasteiger partial charge in [-0.3, -0.25) is 10.1 Å². The predicted molar refractivity (Wildman–Crippen MR) is 74.1 cm³/mol. The van der Waals surface area contributed by atoms with E-state index in [1.165, 1.54) is 23.7 Å². The number of ether oxygens (including phenoxy) is 1. The van der Waals surface area contributed by atoms with E-state index in [9.17, 15) is 4.79 Å². The molecule has 0 unspecified atom stereocenters. The minimum absolute atomic E-state index is 0.105. The van der Waals surface area contributed by atoms with Crippen molar-refractivity contribution in [2.24, 2.45) is 0 Å². The molecule has 0 fully saturated rings. The van der Waals surface area contributed by atoms with E-state index in [1.807, 2.05) is 17.5 Å². The Hall–Kier alpha value is -1.38. The predicted octanol–water partition coefficient (Wildman–Crippen LogP) is 2.15. The van der Waals surface area contributed by atoms with Crippen LogP contribution in [0.25, 0.3) is 0 Å². The number of anilines is 1. The second-order valence-corrected chi connectivity index (χ2v) is 5.57. The van der Waals surface area contributed by atoms with Crippen molar-refractivity contribution in [2.45, 2.75) is 12.4 Å². The lowest BCUT2D eigenvalue weighted by Gasteiger charge is -1.99. The van der Waals surface area contributed by atoms with E-state index in [-0.39, 0.29) is 18.5 Å². The van der Waals surface area contributed by atoms with Crippen molar-refractivity contribution in [1.82, 2.24) is 10.2 Å². The van der Waals surface area contributed by atoms with E-state index < -0.39 is 0 Å². The summed E-state index contributed by atoms with van der Waals surface area (Å²) >= 11 is 3.22. The van der Waals surface area contributed by atoms with Gasteiger partial charge in [0.25, 0.3) is 0 Å². The first-order valence-corrected chi connectivity index (χ1v) is 7.52. The fraction of sp³-hybridized carbons (Fsp3) is 0.364. The van der Waals surface area contributed by atoms with E-state index in [0.29, 0.717) is 11.6 Å². The van der Waals surface area contributed by atoms with E-state index >= 15 is 0 Å². The van der Waals surface area contributed by atoms with Crippen LogP contribution in [0.15, 0.2) is 21.9 Å². The zero-order valence-corrected chi connectivity index (χ0v) is 11.9. The largest absolute Gasteiger partial charge is 0.405 e. The van der Waals surface area contributed by atoms with Gasteiger partial charge >= 0.3 is 6.01 Å². The first kappa shape index (κ1) is 14.0. The van der Waals surface area contributed by atoms with Crippen LogP contribution < -0.4 is 5.32 Å². The van der Waals surface area contributed by atoms with Gasteiger partial charge in [-0.15, -0.1) is 28.2 Å².